The van der Waals surface area contributed by atoms with Gasteiger partial charge in [0.05, 0.1) is 12.2 Å². The van der Waals surface area contributed by atoms with Crippen LogP contribution in [-0.4, -0.2) is 16.7 Å². The average Bonchev–Trinajstić information content (AvgIpc) is 1.82. The topological polar surface area (TPSA) is 46.5 Å². The summed E-state index contributed by atoms with van der Waals surface area (Å²) in [6.07, 6.45) is 3.77. The number of allylic oxidation sites excluding steroid dienone is 2. The maximum Gasteiger partial charge on any atom is 0.307 e. The third kappa shape index (κ3) is 2.26. The molecule has 1 rings (SSSR count). The molecule has 3 heteroatoms. The zero-order valence-electron chi connectivity index (χ0n) is 7.46. The van der Waals surface area contributed by atoms with Gasteiger partial charge in [-0.15, -0.1) is 0 Å². The summed E-state index contributed by atoms with van der Waals surface area (Å²) in [6, 6.07) is 0. The molecule has 0 aromatic heterocycles. The summed E-state index contributed by atoms with van der Waals surface area (Å²) in [6.45, 7) is 3.71. The van der Waals surface area contributed by atoms with E-state index in [0.29, 0.717) is 0 Å². The van der Waals surface area contributed by atoms with Crippen LogP contribution in [0, 0.1) is 0 Å². The van der Waals surface area contributed by atoms with Crippen molar-refractivity contribution in [3.8, 4) is 0 Å². The highest BCUT2D eigenvalue weighted by Crippen LogP contribution is 2.29. The fourth-order valence-corrected chi connectivity index (χ4v) is 1.51. The summed E-state index contributed by atoms with van der Waals surface area (Å²) in [7, 11) is 0. The van der Waals surface area contributed by atoms with Gasteiger partial charge in [-0.3, -0.25) is 4.79 Å². The molecule has 68 valence electrons. The van der Waals surface area contributed by atoms with Crippen LogP contribution in [0.5, 0.6) is 0 Å². The van der Waals surface area contributed by atoms with E-state index in [1.54, 1.807) is 0 Å². The van der Waals surface area contributed by atoms with Crippen LogP contribution in [0.15, 0.2) is 11.8 Å². The Labute approximate surface area is 72.0 Å². The Kier molecular flexibility index (Phi) is 2.40. The van der Waals surface area contributed by atoms with Crippen LogP contribution in [0.4, 0.5) is 0 Å². The monoisotopic (exact) mass is 170 g/mol. The van der Waals surface area contributed by atoms with Crippen molar-refractivity contribution >= 4 is 5.97 Å². The van der Waals surface area contributed by atoms with Crippen molar-refractivity contribution in [2.45, 2.75) is 38.7 Å². The Morgan fingerprint density at radius 1 is 1.83 bits per heavy atom. The van der Waals surface area contributed by atoms with Gasteiger partial charge >= 0.3 is 5.97 Å². The molecule has 3 nitrogen and oxygen atoms in total. The zero-order chi connectivity index (χ0) is 9.19. The summed E-state index contributed by atoms with van der Waals surface area (Å²) in [5.74, 6) is 0.0391. The number of rotatable bonds is 2. The molecular weight excluding hydrogens is 156 g/mol. The van der Waals surface area contributed by atoms with Gasteiger partial charge in [-0.05, 0) is 32.8 Å². The lowest BCUT2D eigenvalue weighted by Crippen LogP contribution is -2.33. The molecule has 12 heavy (non-hydrogen) atoms. The van der Waals surface area contributed by atoms with Gasteiger partial charge in [0, 0.05) is 0 Å². The Balaban J connectivity index is 2.61. The predicted molar refractivity (Wildman–Crippen MR) is 44.7 cm³/mol. The van der Waals surface area contributed by atoms with Crippen molar-refractivity contribution in [2.75, 3.05) is 0 Å². The minimum atomic E-state index is -0.799. The van der Waals surface area contributed by atoms with Crippen molar-refractivity contribution in [3.05, 3.63) is 11.8 Å². The summed E-state index contributed by atoms with van der Waals surface area (Å²) >= 11 is 0. The lowest BCUT2D eigenvalue weighted by Gasteiger charge is -2.32. The summed E-state index contributed by atoms with van der Waals surface area (Å²) < 4.78 is 5.46. The van der Waals surface area contributed by atoms with Crippen LogP contribution in [-0.2, 0) is 9.53 Å². The number of aliphatic carboxylic acids is 1. The van der Waals surface area contributed by atoms with Crippen LogP contribution < -0.4 is 0 Å². The highest BCUT2D eigenvalue weighted by molar-refractivity contribution is 5.68. The van der Waals surface area contributed by atoms with Crippen LogP contribution in [0.25, 0.3) is 0 Å². The second-order valence-corrected chi connectivity index (χ2v) is 3.48. The average molecular weight is 170 g/mol. The first-order chi connectivity index (χ1) is 5.52. The van der Waals surface area contributed by atoms with Crippen LogP contribution in [0.3, 0.4) is 0 Å². The number of carboxylic acid groups (broad SMARTS) is 1. The first-order valence-electron chi connectivity index (χ1n) is 4.09. The second-order valence-electron chi connectivity index (χ2n) is 3.48. The smallest absolute Gasteiger partial charge is 0.307 e. The van der Waals surface area contributed by atoms with Crippen molar-refractivity contribution in [2.24, 2.45) is 0 Å². The number of hydrogen-bond acceptors (Lipinski definition) is 2. The van der Waals surface area contributed by atoms with E-state index in [-0.39, 0.29) is 6.42 Å². The molecule has 0 bridgehead atoms. The number of ether oxygens (including phenoxy) is 1. The van der Waals surface area contributed by atoms with E-state index < -0.39 is 11.6 Å². The van der Waals surface area contributed by atoms with E-state index in [1.807, 2.05) is 19.9 Å². The molecule has 0 spiro atoms. The van der Waals surface area contributed by atoms with E-state index >= 15 is 0 Å². The van der Waals surface area contributed by atoms with Gasteiger partial charge in [0.25, 0.3) is 0 Å². The summed E-state index contributed by atoms with van der Waals surface area (Å²) in [5, 5.41) is 8.62. The zero-order valence-corrected chi connectivity index (χ0v) is 7.46. The van der Waals surface area contributed by atoms with Gasteiger partial charge in [0.2, 0.25) is 0 Å². The van der Waals surface area contributed by atoms with Crippen LogP contribution in [0.1, 0.15) is 33.1 Å². The molecule has 1 N–H and O–H groups in total. The van der Waals surface area contributed by atoms with E-state index in [0.717, 1.165) is 18.6 Å². The Bertz CT molecular complexity index is 220. The first-order valence-corrected chi connectivity index (χ1v) is 4.09. The van der Waals surface area contributed by atoms with Gasteiger partial charge in [0.15, 0.2) is 0 Å². The maximum atomic E-state index is 10.5. The van der Waals surface area contributed by atoms with E-state index in [2.05, 4.69) is 0 Å². The summed E-state index contributed by atoms with van der Waals surface area (Å²) in [4.78, 5) is 10.5. The molecule has 1 aliphatic heterocycles. The highest BCUT2D eigenvalue weighted by Gasteiger charge is 2.31. The third-order valence-corrected chi connectivity index (χ3v) is 2.04. The van der Waals surface area contributed by atoms with Crippen molar-refractivity contribution in [3.63, 3.8) is 0 Å². The van der Waals surface area contributed by atoms with Crippen LogP contribution in [0.2, 0.25) is 0 Å². The van der Waals surface area contributed by atoms with Gasteiger partial charge in [-0.25, -0.2) is 0 Å². The molecular formula is C9H14O3. The largest absolute Gasteiger partial charge is 0.492 e. The molecule has 0 radical (unpaired) electrons. The van der Waals surface area contributed by atoms with Gasteiger partial charge in [0.1, 0.15) is 5.60 Å². The second kappa shape index (κ2) is 3.17. The highest BCUT2D eigenvalue weighted by atomic mass is 16.5. The molecule has 0 saturated heterocycles. The summed E-state index contributed by atoms with van der Waals surface area (Å²) in [5.41, 5.74) is -0.495. The van der Waals surface area contributed by atoms with E-state index in [9.17, 15) is 4.79 Å². The molecule has 1 atom stereocenters. The predicted octanol–water partition coefficient (Wildman–Crippen LogP) is 1.93. The third-order valence-electron chi connectivity index (χ3n) is 2.04. The fraction of sp³-hybridized carbons (Fsp3) is 0.667. The number of hydrogen-bond donors (Lipinski definition) is 1. The normalized spacial score (nSPS) is 29.0. The van der Waals surface area contributed by atoms with Gasteiger partial charge in [-0.2, -0.15) is 0 Å². The van der Waals surface area contributed by atoms with Gasteiger partial charge < -0.3 is 9.84 Å². The molecule has 1 unspecified atom stereocenters. The SMILES string of the molecule is CC1=CCCC(C)(CC(=O)O)O1. The Hall–Kier alpha value is -0.990. The number of carbonyl (C=O) groups is 1. The minimum Gasteiger partial charge on any atom is -0.492 e. The lowest BCUT2D eigenvalue weighted by molar-refractivity contribution is -0.143. The fourth-order valence-electron chi connectivity index (χ4n) is 1.51. The Morgan fingerprint density at radius 3 is 3.00 bits per heavy atom. The van der Waals surface area contributed by atoms with Crippen molar-refractivity contribution in [1.82, 2.24) is 0 Å². The van der Waals surface area contributed by atoms with Crippen molar-refractivity contribution in [1.29, 1.82) is 0 Å². The molecule has 1 aliphatic rings. The molecule has 0 aromatic rings. The first kappa shape index (κ1) is 9.10. The van der Waals surface area contributed by atoms with Gasteiger partial charge in [-0.1, -0.05) is 0 Å². The molecule has 0 aliphatic carbocycles. The van der Waals surface area contributed by atoms with Crippen LogP contribution >= 0.6 is 0 Å². The quantitative estimate of drug-likeness (QED) is 0.688. The Morgan fingerprint density at radius 2 is 2.50 bits per heavy atom. The molecule has 1 heterocycles. The minimum absolute atomic E-state index is 0.0815. The molecule has 0 fully saturated rings. The molecule has 0 aromatic carbocycles. The number of carboxylic acids is 1. The van der Waals surface area contributed by atoms with Crippen molar-refractivity contribution < 1.29 is 14.6 Å². The molecule has 0 saturated carbocycles. The van der Waals surface area contributed by atoms with E-state index in [1.165, 1.54) is 0 Å². The standard InChI is InChI=1S/C9H14O3/c1-7-4-3-5-9(2,12-7)6-8(10)11/h4H,3,5-6H2,1-2H3,(H,10,11). The lowest BCUT2D eigenvalue weighted by atomic mass is 9.93. The molecule has 0 amide bonds. The van der Waals surface area contributed by atoms with E-state index in [4.69, 9.17) is 9.84 Å². The maximum absolute atomic E-state index is 10.5.